The number of hydrogen-bond acceptors (Lipinski definition) is 4. The maximum atomic E-state index is 12.3. The fourth-order valence-electron chi connectivity index (χ4n) is 1.75. The van der Waals surface area contributed by atoms with Gasteiger partial charge in [0.2, 0.25) is 15.9 Å². The quantitative estimate of drug-likeness (QED) is 0.836. The minimum absolute atomic E-state index is 0.100. The molecule has 0 unspecified atom stereocenters. The summed E-state index contributed by atoms with van der Waals surface area (Å²) in [6, 6.07) is 6.24. The molecular formula is C13H20N2O3S2. The normalized spacial score (nSPS) is 11.6. The van der Waals surface area contributed by atoms with Crippen molar-refractivity contribution < 1.29 is 13.2 Å². The van der Waals surface area contributed by atoms with Crippen LogP contribution in [0.15, 0.2) is 29.2 Å². The summed E-state index contributed by atoms with van der Waals surface area (Å²) in [5, 5.41) is 2.71. The second-order valence-corrected chi connectivity index (χ2v) is 6.90. The first-order valence-corrected chi connectivity index (χ1v) is 9.18. The summed E-state index contributed by atoms with van der Waals surface area (Å²) in [5.41, 5.74) is 0.600. The Hall–Kier alpha value is -1.05. The van der Waals surface area contributed by atoms with Crippen molar-refractivity contribution in [2.45, 2.75) is 18.7 Å². The van der Waals surface area contributed by atoms with Gasteiger partial charge in [-0.05, 0) is 30.5 Å². The highest BCUT2D eigenvalue weighted by Crippen LogP contribution is 2.18. The molecule has 112 valence electrons. The monoisotopic (exact) mass is 316 g/mol. The van der Waals surface area contributed by atoms with E-state index in [2.05, 4.69) is 5.32 Å². The highest BCUT2D eigenvalue weighted by molar-refractivity contribution is 7.99. The van der Waals surface area contributed by atoms with E-state index < -0.39 is 10.0 Å². The molecule has 0 aromatic heterocycles. The first kappa shape index (κ1) is 17.0. The van der Waals surface area contributed by atoms with E-state index in [1.807, 2.05) is 6.26 Å². The van der Waals surface area contributed by atoms with Crippen molar-refractivity contribution in [3.8, 4) is 0 Å². The number of amides is 1. The third-order valence-corrected chi connectivity index (χ3v) is 5.37. The summed E-state index contributed by atoms with van der Waals surface area (Å²) in [6.07, 6.45) is 1.85. The molecule has 1 N–H and O–H groups in total. The van der Waals surface area contributed by atoms with E-state index in [4.69, 9.17) is 0 Å². The fourth-order valence-corrected chi connectivity index (χ4v) is 3.54. The van der Waals surface area contributed by atoms with Crippen LogP contribution in [0.25, 0.3) is 0 Å². The zero-order valence-electron chi connectivity index (χ0n) is 11.9. The summed E-state index contributed by atoms with van der Waals surface area (Å²) in [4.78, 5) is 11.7. The van der Waals surface area contributed by atoms with Crippen LogP contribution < -0.4 is 5.32 Å². The Bertz CT molecular complexity index is 537. The second kappa shape index (κ2) is 7.66. The number of carbonyl (C=O) groups excluding carboxylic acids is 1. The first-order chi connectivity index (χ1) is 9.45. The maximum Gasteiger partial charge on any atom is 0.243 e. The molecule has 0 bridgehead atoms. The topological polar surface area (TPSA) is 66.5 Å². The van der Waals surface area contributed by atoms with Gasteiger partial charge in [0.25, 0.3) is 0 Å². The lowest BCUT2D eigenvalue weighted by atomic mass is 10.3. The molecule has 20 heavy (non-hydrogen) atoms. The Kier molecular flexibility index (Phi) is 6.51. The van der Waals surface area contributed by atoms with Gasteiger partial charge in [0, 0.05) is 18.8 Å². The van der Waals surface area contributed by atoms with E-state index >= 15 is 0 Å². The molecule has 1 aromatic rings. The van der Waals surface area contributed by atoms with E-state index in [0.717, 1.165) is 0 Å². The molecule has 1 amide bonds. The van der Waals surface area contributed by atoms with Crippen LogP contribution in [-0.4, -0.2) is 43.7 Å². The van der Waals surface area contributed by atoms with Crippen LogP contribution in [0.4, 0.5) is 5.69 Å². The second-order valence-electron chi connectivity index (χ2n) is 4.09. The predicted molar refractivity (Wildman–Crippen MR) is 83.6 cm³/mol. The van der Waals surface area contributed by atoms with Crippen molar-refractivity contribution in [3.63, 3.8) is 0 Å². The third kappa shape index (κ3) is 4.22. The van der Waals surface area contributed by atoms with Crippen LogP contribution in [0.5, 0.6) is 0 Å². The lowest BCUT2D eigenvalue weighted by Gasteiger charge is -2.18. The molecule has 0 spiro atoms. The Labute approximate surface area is 124 Å². The van der Waals surface area contributed by atoms with Crippen molar-refractivity contribution in [1.29, 1.82) is 0 Å². The number of anilines is 1. The Morgan fingerprint density at radius 3 is 2.20 bits per heavy atom. The van der Waals surface area contributed by atoms with Gasteiger partial charge < -0.3 is 5.32 Å². The van der Waals surface area contributed by atoms with E-state index in [1.165, 1.54) is 28.2 Å². The predicted octanol–water partition coefficient (Wildman–Crippen LogP) is 2.02. The largest absolute Gasteiger partial charge is 0.325 e. The molecule has 1 aromatic carbocycles. The van der Waals surface area contributed by atoms with Crippen molar-refractivity contribution in [2.75, 3.05) is 30.4 Å². The van der Waals surface area contributed by atoms with Crippen LogP contribution in [0.2, 0.25) is 0 Å². The minimum atomic E-state index is -3.44. The van der Waals surface area contributed by atoms with Crippen LogP contribution >= 0.6 is 11.8 Å². The number of thioether (sulfide) groups is 1. The molecule has 0 saturated heterocycles. The van der Waals surface area contributed by atoms with E-state index in [1.54, 1.807) is 26.0 Å². The van der Waals surface area contributed by atoms with Gasteiger partial charge in [0.05, 0.1) is 10.6 Å². The first-order valence-electron chi connectivity index (χ1n) is 6.34. The van der Waals surface area contributed by atoms with Gasteiger partial charge in [-0.3, -0.25) is 4.79 Å². The van der Waals surface area contributed by atoms with Crippen molar-refractivity contribution in [2.24, 2.45) is 0 Å². The van der Waals surface area contributed by atoms with Crippen molar-refractivity contribution in [3.05, 3.63) is 24.3 Å². The van der Waals surface area contributed by atoms with Gasteiger partial charge in [-0.1, -0.05) is 13.8 Å². The van der Waals surface area contributed by atoms with Gasteiger partial charge in [-0.2, -0.15) is 16.1 Å². The van der Waals surface area contributed by atoms with Gasteiger partial charge in [0.1, 0.15) is 0 Å². The average Bonchev–Trinajstić information content (AvgIpc) is 2.40. The number of rotatable bonds is 7. The molecule has 5 nitrogen and oxygen atoms in total. The van der Waals surface area contributed by atoms with Gasteiger partial charge in [-0.15, -0.1) is 0 Å². The number of hydrogen-bond donors (Lipinski definition) is 1. The minimum Gasteiger partial charge on any atom is -0.325 e. The molecule has 0 radical (unpaired) electrons. The fraction of sp³-hybridized carbons (Fsp3) is 0.462. The molecule has 0 heterocycles. The molecule has 0 aliphatic heterocycles. The summed E-state index contributed by atoms with van der Waals surface area (Å²) in [6.45, 7) is 4.48. The lowest BCUT2D eigenvalue weighted by Crippen LogP contribution is -2.30. The Morgan fingerprint density at radius 2 is 1.75 bits per heavy atom. The summed E-state index contributed by atoms with van der Waals surface area (Å²) >= 11 is 1.43. The van der Waals surface area contributed by atoms with E-state index in [9.17, 15) is 13.2 Å². The standard InChI is InChI=1S/C13H20N2O3S2/c1-4-15(5-2)20(17,18)12-8-6-11(7-9-12)14-13(16)10-19-3/h6-9H,4-5,10H2,1-3H3,(H,14,16). The molecule has 1 rings (SSSR count). The van der Waals surface area contributed by atoms with Crippen LogP contribution in [0.3, 0.4) is 0 Å². The van der Waals surface area contributed by atoms with Gasteiger partial charge in [0.15, 0.2) is 0 Å². The molecule has 0 aliphatic carbocycles. The number of benzene rings is 1. The van der Waals surface area contributed by atoms with E-state index in [-0.39, 0.29) is 10.8 Å². The molecule has 0 fully saturated rings. The molecule has 0 atom stereocenters. The lowest BCUT2D eigenvalue weighted by molar-refractivity contribution is -0.113. The third-order valence-electron chi connectivity index (χ3n) is 2.76. The number of nitrogens with one attached hydrogen (secondary N) is 1. The van der Waals surface area contributed by atoms with Crippen molar-refractivity contribution >= 4 is 33.4 Å². The summed E-state index contributed by atoms with van der Waals surface area (Å²) in [7, 11) is -3.44. The molecular weight excluding hydrogens is 296 g/mol. The van der Waals surface area contributed by atoms with Crippen LogP contribution in [-0.2, 0) is 14.8 Å². The smallest absolute Gasteiger partial charge is 0.243 e. The van der Waals surface area contributed by atoms with E-state index in [0.29, 0.717) is 24.5 Å². The zero-order chi connectivity index (χ0) is 15.2. The zero-order valence-corrected chi connectivity index (χ0v) is 13.6. The average molecular weight is 316 g/mol. The maximum absolute atomic E-state index is 12.3. The number of sulfonamides is 1. The molecule has 7 heteroatoms. The van der Waals surface area contributed by atoms with Gasteiger partial charge >= 0.3 is 0 Å². The summed E-state index contributed by atoms with van der Waals surface area (Å²) in [5.74, 6) is 0.274. The molecule has 0 saturated carbocycles. The highest BCUT2D eigenvalue weighted by atomic mass is 32.2. The number of carbonyl (C=O) groups is 1. The van der Waals surface area contributed by atoms with Crippen LogP contribution in [0.1, 0.15) is 13.8 Å². The summed E-state index contributed by atoms with van der Waals surface area (Å²) < 4.78 is 25.9. The Morgan fingerprint density at radius 1 is 1.20 bits per heavy atom. The highest BCUT2D eigenvalue weighted by Gasteiger charge is 2.21. The van der Waals surface area contributed by atoms with Crippen LogP contribution in [0, 0.1) is 0 Å². The Balaban J connectivity index is 2.88. The molecule has 0 aliphatic rings. The number of nitrogens with zero attached hydrogens (tertiary/aromatic N) is 1. The SMILES string of the molecule is CCN(CC)S(=O)(=O)c1ccc(NC(=O)CSC)cc1. The van der Waals surface area contributed by atoms with Gasteiger partial charge in [-0.25, -0.2) is 8.42 Å². The van der Waals surface area contributed by atoms with Crippen molar-refractivity contribution in [1.82, 2.24) is 4.31 Å².